The fraction of sp³-hybridized carbons (Fsp3) is 0.125. The minimum Gasteiger partial charge on any atom is -0.504 e. The van der Waals surface area contributed by atoms with Gasteiger partial charge in [-0.2, -0.15) is 0 Å². The number of hydrogen-bond donors (Lipinski definition) is 2. The summed E-state index contributed by atoms with van der Waals surface area (Å²) in [6.07, 6.45) is 0. The Labute approximate surface area is 126 Å². The van der Waals surface area contributed by atoms with Gasteiger partial charge in [-0.25, -0.2) is 0 Å². The lowest BCUT2D eigenvalue weighted by Gasteiger charge is -2.19. The van der Waals surface area contributed by atoms with Crippen molar-refractivity contribution in [2.45, 2.75) is 0 Å². The number of rotatable bonds is 2. The quantitative estimate of drug-likeness (QED) is 0.889. The Morgan fingerprint density at radius 1 is 1.18 bits per heavy atom. The number of methoxy groups -OCH3 is 1. The molecule has 0 unspecified atom stereocenters. The highest BCUT2D eigenvalue weighted by Crippen LogP contribution is 2.34. The van der Waals surface area contributed by atoms with Crippen LogP contribution in [0.1, 0.15) is 10.4 Å². The molecule has 1 heterocycles. The third-order valence-electron chi connectivity index (χ3n) is 3.44. The van der Waals surface area contributed by atoms with Gasteiger partial charge in [0.1, 0.15) is 6.54 Å². The highest BCUT2D eigenvalue weighted by atomic mass is 16.5. The summed E-state index contributed by atoms with van der Waals surface area (Å²) >= 11 is 0. The molecular weight excluding hydrogens is 284 g/mol. The Balaban J connectivity index is 2.12. The van der Waals surface area contributed by atoms with Crippen LogP contribution in [-0.2, 0) is 4.79 Å². The molecule has 0 fully saturated rings. The normalized spacial score (nSPS) is 14.1. The summed E-state index contributed by atoms with van der Waals surface area (Å²) in [7, 11) is 1.40. The molecule has 0 spiro atoms. The standard InChI is InChI=1S/C16H14N2O4/c1-22-14-7-11-12(8-13(14)19)17-15(20)9-18(16(11)21)10-5-3-2-4-6-10/h2-8,19H,9H2,1H3,(H,17,20). The number of ether oxygens (including phenoxy) is 1. The fourth-order valence-electron chi connectivity index (χ4n) is 2.38. The molecule has 2 aromatic carbocycles. The van der Waals surface area contributed by atoms with Crippen LogP contribution in [0.4, 0.5) is 11.4 Å². The summed E-state index contributed by atoms with van der Waals surface area (Å²) in [6, 6.07) is 11.7. The molecule has 1 aliphatic rings. The zero-order valence-electron chi connectivity index (χ0n) is 11.9. The Hall–Kier alpha value is -3.02. The van der Waals surface area contributed by atoms with Gasteiger partial charge in [-0.05, 0) is 18.2 Å². The second-order valence-electron chi connectivity index (χ2n) is 4.84. The summed E-state index contributed by atoms with van der Waals surface area (Å²) in [5.74, 6) is -0.628. The van der Waals surface area contributed by atoms with Crippen molar-refractivity contribution in [2.24, 2.45) is 0 Å². The van der Waals surface area contributed by atoms with Gasteiger partial charge >= 0.3 is 0 Å². The van der Waals surface area contributed by atoms with Crippen molar-refractivity contribution in [2.75, 3.05) is 23.9 Å². The lowest BCUT2D eigenvalue weighted by molar-refractivity contribution is -0.114. The van der Waals surface area contributed by atoms with Gasteiger partial charge in [0.2, 0.25) is 5.91 Å². The van der Waals surface area contributed by atoms with E-state index in [4.69, 9.17) is 4.74 Å². The molecular formula is C16H14N2O4. The molecule has 3 rings (SSSR count). The molecule has 2 aromatic rings. The third kappa shape index (κ3) is 2.35. The monoisotopic (exact) mass is 298 g/mol. The Morgan fingerprint density at radius 2 is 1.91 bits per heavy atom. The molecule has 0 aromatic heterocycles. The van der Waals surface area contributed by atoms with Crippen molar-refractivity contribution < 1.29 is 19.4 Å². The number of anilines is 2. The maximum Gasteiger partial charge on any atom is 0.261 e. The molecule has 2 N–H and O–H groups in total. The van der Waals surface area contributed by atoms with Crippen molar-refractivity contribution in [1.82, 2.24) is 0 Å². The Bertz CT molecular complexity index is 743. The highest BCUT2D eigenvalue weighted by Gasteiger charge is 2.28. The van der Waals surface area contributed by atoms with Gasteiger partial charge in [-0.3, -0.25) is 14.5 Å². The van der Waals surface area contributed by atoms with Crippen LogP contribution in [0.25, 0.3) is 0 Å². The number of amides is 2. The first-order valence-corrected chi connectivity index (χ1v) is 6.68. The smallest absolute Gasteiger partial charge is 0.261 e. The topological polar surface area (TPSA) is 78.9 Å². The molecule has 0 bridgehead atoms. The highest BCUT2D eigenvalue weighted by molar-refractivity contribution is 6.17. The molecule has 0 atom stereocenters. The zero-order chi connectivity index (χ0) is 15.7. The van der Waals surface area contributed by atoms with E-state index in [0.29, 0.717) is 5.69 Å². The maximum absolute atomic E-state index is 12.8. The van der Waals surface area contributed by atoms with Gasteiger partial charge in [0.15, 0.2) is 11.5 Å². The number of phenols is 1. The number of fused-ring (bicyclic) bond motifs is 1. The summed E-state index contributed by atoms with van der Waals surface area (Å²) < 4.78 is 5.03. The van der Waals surface area contributed by atoms with Gasteiger partial charge < -0.3 is 15.2 Å². The number of para-hydroxylation sites is 1. The molecule has 6 heteroatoms. The number of carbonyl (C=O) groups is 2. The third-order valence-corrected chi connectivity index (χ3v) is 3.44. The van der Waals surface area contributed by atoms with Crippen LogP contribution in [0.2, 0.25) is 0 Å². The van der Waals surface area contributed by atoms with Crippen LogP contribution >= 0.6 is 0 Å². The Morgan fingerprint density at radius 3 is 2.59 bits per heavy atom. The van der Waals surface area contributed by atoms with Crippen molar-refractivity contribution in [3.8, 4) is 11.5 Å². The summed E-state index contributed by atoms with van der Waals surface area (Å²) in [6.45, 7) is -0.0966. The molecule has 112 valence electrons. The molecule has 1 aliphatic heterocycles. The van der Waals surface area contributed by atoms with E-state index in [9.17, 15) is 14.7 Å². The minimum atomic E-state index is -0.335. The van der Waals surface area contributed by atoms with Gasteiger partial charge in [-0.15, -0.1) is 0 Å². The molecule has 0 radical (unpaired) electrons. The zero-order valence-corrected chi connectivity index (χ0v) is 11.9. The first-order valence-electron chi connectivity index (χ1n) is 6.68. The lowest BCUT2D eigenvalue weighted by atomic mass is 10.1. The van der Waals surface area contributed by atoms with Gasteiger partial charge in [0.05, 0.1) is 18.4 Å². The van der Waals surface area contributed by atoms with Gasteiger partial charge in [-0.1, -0.05) is 18.2 Å². The molecule has 0 saturated heterocycles. The van der Waals surface area contributed by atoms with E-state index in [2.05, 4.69) is 5.32 Å². The fourth-order valence-corrected chi connectivity index (χ4v) is 2.38. The van der Waals surface area contributed by atoms with Crippen LogP contribution in [0.15, 0.2) is 42.5 Å². The van der Waals surface area contributed by atoms with Crippen molar-refractivity contribution in [3.05, 3.63) is 48.0 Å². The number of nitrogens with zero attached hydrogens (tertiary/aromatic N) is 1. The maximum atomic E-state index is 12.8. The molecule has 2 amide bonds. The first-order chi connectivity index (χ1) is 10.6. The predicted octanol–water partition coefficient (Wildman–Crippen LogP) is 2.00. The average molecular weight is 298 g/mol. The van der Waals surface area contributed by atoms with E-state index in [1.54, 1.807) is 24.3 Å². The van der Waals surface area contributed by atoms with E-state index >= 15 is 0 Å². The number of hydrogen-bond acceptors (Lipinski definition) is 4. The van der Waals surface area contributed by atoms with E-state index in [-0.39, 0.29) is 41.1 Å². The summed E-state index contributed by atoms with van der Waals surface area (Å²) in [5.41, 5.74) is 1.17. The van der Waals surface area contributed by atoms with E-state index in [0.717, 1.165) is 0 Å². The number of phenolic OH excluding ortho intramolecular Hbond substituents is 1. The number of nitrogens with one attached hydrogen (secondary N) is 1. The second-order valence-corrected chi connectivity index (χ2v) is 4.84. The van der Waals surface area contributed by atoms with Gasteiger partial charge in [0, 0.05) is 11.8 Å². The molecule has 0 aliphatic carbocycles. The van der Waals surface area contributed by atoms with Gasteiger partial charge in [0.25, 0.3) is 5.91 Å². The van der Waals surface area contributed by atoms with Crippen LogP contribution in [0.3, 0.4) is 0 Å². The number of benzene rings is 2. The molecule has 6 nitrogen and oxygen atoms in total. The predicted molar refractivity (Wildman–Crippen MR) is 81.4 cm³/mol. The SMILES string of the molecule is COc1cc2c(cc1O)NC(=O)CN(c1ccccc1)C2=O. The Kier molecular flexibility index (Phi) is 3.42. The largest absolute Gasteiger partial charge is 0.504 e. The second kappa shape index (κ2) is 5.40. The van der Waals surface area contributed by atoms with Crippen molar-refractivity contribution >= 4 is 23.2 Å². The molecule has 22 heavy (non-hydrogen) atoms. The minimum absolute atomic E-state index is 0.0966. The first kappa shape index (κ1) is 13.9. The van der Waals surface area contributed by atoms with Crippen LogP contribution < -0.4 is 15.0 Å². The van der Waals surface area contributed by atoms with E-state index in [1.165, 1.54) is 24.1 Å². The lowest BCUT2D eigenvalue weighted by Crippen LogP contribution is -2.34. The van der Waals surface area contributed by atoms with Crippen LogP contribution in [0.5, 0.6) is 11.5 Å². The van der Waals surface area contributed by atoms with E-state index in [1.807, 2.05) is 6.07 Å². The summed E-state index contributed by atoms with van der Waals surface area (Å²) in [5, 5.41) is 12.4. The van der Waals surface area contributed by atoms with Crippen LogP contribution in [-0.4, -0.2) is 30.6 Å². The van der Waals surface area contributed by atoms with Crippen molar-refractivity contribution in [3.63, 3.8) is 0 Å². The summed E-state index contributed by atoms with van der Waals surface area (Å²) in [4.78, 5) is 26.2. The number of aromatic hydroxyl groups is 1. The average Bonchev–Trinajstić information content (AvgIpc) is 2.64. The van der Waals surface area contributed by atoms with Crippen LogP contribution in [0, 0.1) is 0 Å². The molecule has 0 saturated carbocycles. The van der Waals surface area contributed by atoms with Crippen molar-refractivity contribution in [1.29, 1.82) is 0 Å². The number of carbonyl (C=O) groups excluding carboxylic acids is 2. The van der Waals surface area contributed by atoms with E-state index < -0.39 is 0 Å².